The summed E-state index contributed by atoms with van der Waals surface area (Å²) in [6, 6.07) is 4.15. The topological polar surface area (TPSA) is 57.5 Å². The standard InChI is InChI=1S/C19H27N3O2.ClH/c1-14-10-17-16(13-24-18(17)11-15(14)2)12-19(23)21-4-3-7-22-8-5-20-6-9-22;/h10-11,13,20H,3-9,12H2,1-2H3,(H,21,23);1H. The fourth-order valence-electron chi connectivity index (χ4n) is 3.17. The molecule has 138 valence electrons. The van der Waals surface area contributed by atoms with Crippen molar-refractivity contribution < 1.29 is 9.21 Å². The number of furan rings is 1. The van der Waals surface area contributed by atoms with Crippen molar-refractivity contribution in [2.75, 3.05) is 39.3 Å². The Hall–Kier alpha value is -1.56. The lowest BCUT2D eigenvalue weighted by molar-refractivity contribution is -0.120. The van der Waals surface area contributed by atoms with Crippen molar-refractivity contribution in [2.45, 2.75) is 26.7 Å². The van der Waals surface area contributed by atoms with Crippen LogP contribution in [0.5, 0.6) is 0 Å². The summed E-state index contributed by atoms with van der Waals surface area (Å²) in [5.41, 5.74) is 4.26. The summed E-state index contributed by atoms with van der Waals surface area (Å²) < 4.78 is 5.60. The van der Waals surface area contributed by atoms with Crippen molar-refractivity contribution in [3.05, 3.63) is 35.1 Å². The molecule has 1 fully saturated rings. The van der Waals surface area contributed by atoms with Crippen LogP contribution in [0.4, 0.5) is 0 Å². The normalized spacial score (nSPS) is 15.1. The minimum atomic E-state index is 0. The average Bonchev–Trinajstić information content (AvgIpc) is 2.95. The Balaban J connectivity index is 0.00000225. The Kier molecular flexibility index (Phi) is 7.29. The van der Waals surface area contributed by atoms with Crippen molar-refractivity contribution >= 4 is 29.3 Å². The van der Waals surface area contributed by atoms with Gasteiger partial charge in [0.1, 0.15) is 5.58 Å². The monoisotopic (exact) mass is 365 g/mol. The zero-order valence-electron chi connectivity index (χ0n) is 15.1. The maximum Gasteiger partial charge on any atom is 0.224 e. The number of carbonyl (C=O) groups excluding carboxylic acids is 1. The number of fused-ring (bicyclic) bond motifs is 1. The number of nitrogens with one attached hydrogen (secondary N) is 2. The Morgan fingerprint density at radius 1 is 1.24 bits per heavy atom. The van der Waals surface area contributed by atoms with Gasteiger partial charge in [-0.05, 0) is 50.1 Å². The van der Waals surface area contributed by atoms with Gasteiger partial charge < -0.3 is 20.0 Å². The Morgan fingerprint density at radius 3 is 2.72 bits per heavy atom. The number of piperazine rings is 1. The van der Waals surface area contributed by atoms with Crippen LogP contribution < -0.4 is 10.6 Å². The van der Waals surface area contributed by atoms with Crippen molar-refractivity contribution in [1.82, 2.24) is 15.5 Å². The van der Waals surface area contributed by atoms with Crippen LogP contribution in [-0.2, 0) is 11.2 Å². The number of nitrogens with zero attached hydrogens (tertiary/aromatic N) is 1. The minimum absolute atomic E-state index is 0. The molecule has 0 aliphatic carbocycles. The summed E-state index contributed by atoms with van der Waals surface area (Å²) in [5.74, 6) is 0.0660. The second kappa shape index (κ2) is 9.22. The van der Waals surface area contributed by atoms with E-state index in [-0.39, 0.29) is 18.3 Å². The molecule has 1 aromatic carbocycles. The number of rotatable bonds is 6. The van der Waals surface area contributed by atoms with Crippen LogP contribution in [0.25, 0.3) is 11.0 Å². The first-order valence-electron chi connectivity index (χ1n) is 8.80. The Morgan fingerprint density at radius 2 is 1.96 bits per heavy atom. The van der Waals surface area contributed by atoms with Crippen molar-refractivity contribution in [3.8, 4) is 0 Å². The van der Waals surface area contributed by atoms with Gasteiger partial charge in [-0.3, -0.25) is 4.79 Å². The van der Waals surface area contributed by atoms with Gasteiger partial charge in [-0.2, -0.15) is 0 Å². The molecule has 0 unspecified atom stereocenters. The van der Waals surface area contributed by atoms with Crippen molar-refractivity contribution in [3.63, 3.8) is 0 Å². The highest BCUT2D eigenvalue weighted by Gasteiger charge is 2.12. The zero-order valence-corrected chi connectivity index (χ0v) is 15.9. The maximum absolute atomic E-state index is 12.2. The van der Waals surface area contributed by atoms with Crippen LogP contribution in [-0.4, -0.2) is 50.1 Å². The first-order chi connectivity index (χ1) is 11.6. The average molecular weight is 366 g/mol. The lowest BCUT2D eigenvalue weighted by atomic mass is 10.0. The summed E-state index contributed by atoms with van der Waals surface area (Å²) in [6.07, 6.45) is 3.09. The van der Waals surface area contributed by atoms with E-state index in [1.54, 1.807) is 6.26 Å². The maximum atomic E-state index is 12.2. The van der Waals surface area contributed by atoms with Gasteiger partial charge in [0.2, 0.25) is 5.91 Å². The molecule has 1 aliphatic rings. The molecule has 2 heterocycles. The van der Waals surface area contributed by atoms with Crippen LogP contribution in [0.1, 0.15) is 23.1 Å². The van der Waals surface area contributed by atoms with Gasteiger partial charge in [-0.1, -0.05) is 0 Å². The van der Waals surface area contributed by atoms with Crippen LogP contribution in [0.15, 0.2) is 22.8 Å². The van der Waals surface area contributed by atoms with Gasteiger partial charge in [0, 0.05) is 43.7 Å². The Labute approximate surface area is 155 Å². The molecule has 1 saturated heterocycles. The predicted molar refractivity (Wildman–Crippen MR) is 104 cm³/mol. The molecule has 0 radical (unpaired) electrons. The molecule has 3 rings (SSSR count). The van der Waals surface area contributed by atoms with E-state index in [2.05, 4.69) is 35.4 Å². The molecule has 0 bridgehead atoms. The van der Waals surface area contributed by atoms with Gasteiger partial charge in [-0.15, -0.1) is 12.4 Å². The highest BCUT2D eigenvalue weighted by Crippen LogP contribution is 2.25. The van der Waals surface area contributed by atoms with Crippen LogP contribution in [0.3, 0.4) is 0 Å². The SMILES string of the molecule is Cc1cc2occ(CC(=O)NCCCN3CCNCC3)c2cc1C.Cl. The lowest BCUT2D eigenvalue weighted by Crippen LogP contribution is -2.44. The molecule has 2 aromatic rings. The minimum Gasteiger partial charge on any atom is -0.464 e. The van der Waals surface area contributed by atoms with Gasteiger partial charge in [0.15, 0.2) is 0 Å². The number of carbonyl (C=O) groups is 1. The van der Waals surface area contributed by atoms with Crippen LogP contribution >= 0.6 is 12.4 Å². The lowest BCUT2D eigenvalue weighted by Gasteiger charge is -2.27. The molecular formula is C19H28ClN3O2. The number of amides is 1. The van der Waals surface area contributed by atoms with E-state index in [1.807, 2.05) is 6.07 Å². The fourth-order valence-corrected chi connectivity index (χ4v) is 3.17. The summed E-state index contributed by atoms with van der Waals surface area (Å²) in [7, 11) is 0. The highest BCUT2D eigenvalue weighted by molar-refractivity contribution is 5.88. The van der Waals surface area contributed by atoms with Crippen molar-refractivity contribution in [2.24, 2.45) is 0 Å². The second-order valence-electron chi connectivity index (χ2n) is 6.67. The van der Waals surface area contributed by atoms with E-state index in [1.165, 1.54) is 11.1 Å². The summed E-state index contributed by atoms with van der Waals surface area (Å²) in [6.45, 7) is 10.3. The first kappa shape index (κ1) is 19.8. The van der Waals surface area contributed by atoms with Crippen molar-refractivity contribution in [1.29, 1.82) is 0 Å². The molecule has 0 saturated carbocycles. The van der Waals surface area contributed by atoms with E-state index in [0.717, 1.165) is 62.2 Å². The smallest absolute Gasteiger partial charge is 0.224 e. The summed E-state index contributed by atoms with van der Waals surface area (Å²) in [4.78, 5) is 14.6. The third-order valence-electron chi connectivity index (χ3n) is 4.80. The molecule has 1 aliphatic heterocycles. The molecule has 5 nitrogen and oxygen atoms in total. The van der Waals surface area contributed by atoms with E-state index in [9.17, 15) is 4.79 Å². The fraction of sp³-hybridized carbons (Fsp3) is 0.526. The quantitative estimate of drug-likeness (QED) is 0.772. The predicted octanol–water partition coefficient (Wildman–Crippen LogP) is 2.43. The van der Waals surface area contributed by atoms with E-state index in [4.69, 9.17) is 4.42 Å². The number of hydrogen-bond donors (Lipinski definition) is 2. The Bertz CT molecular complexity index is 708. The van der Waals surface area contributed by atoms with E-state index >= 15 is 0 Å². The molecule has 1 aromatic heterocycles. The molecular weight excluding hydrogens is 338 g/mol. The van der Waals surface area contributed by atoms with E-state index < -0.39 is 0 Å². The van der Waals surface area contributed by atoms with Gasteiger partial charge >= 0.3 is 0 Å². The molecule has 25 heavy (non-hydrogen) atoms. The third-order valence-corrected chi connectivity index (χ3v) is 4.80. The van der Waals surface area contributed by atoms with Gasteiger partial charge in [-0.25, -0.2) is 0 Å². The number of hydrogen-bond acceptors (Lipinski definition) is 4. The highest BCUT2D eigenvalue weighted by atomic mass is 35.5. The first-order valence-corrected chi connectivity index (χ1v) is 8.80. The third kappa shape index (κ3) is 5.21. The number of benzene rings is 1. The zero-order chi connectivity index (χ0) is 16.9. The second-order valence-corrected chi connectivity index (χ2v) is 6.67. The number of aryl methyl sites for hydroxylation is 2. The van der Waals surface area contributed by atoms with Crippen LogP contribution in [0, 0.1) is 13.8 Å². The largest absolute Gasteiger partial charge is 0.464 e. The molecule has 0 spiro atoms. The number of halogens is 1. The summed E-state index contributed by atoms with van der Waals surface area (Å²) >= 11 is 0. The molecule has 2 N–H and O–H groups in total. The van der Waals surface area contributed by atoms with E-state index in [0.29, 0.717) is 6.42 Å². The van der Waals surface area contributed by atoms with Gasteiger partial charge in [0.25, 0.3) is 0 Å². The molecule has 1 amide bonds. The molecule has 0 atom stereocenters. The molecule has 6 heteroatoms. The van der Waals surface area contributed by atoms with Crippen LogP contribution in [0.2, 0.25) is 0 Å². The summed E-state index contributed by atoms with van der Waals surface area (Å²) in [5, 5.41) is 7.43. The van der Waals surface area contributed by atoms with Gasteiger partial charge in [0.05, 0.1) is 12.7 Å².